The number of anilines is 1. The molecule has 0 radical (unpaired) electrons. The minimum Gasteiger partial charge on any atom is -0.459 e. The molecule has 2 aromatic carbocycles. The first-order valence-corrected chi connectivity index (χ1v) is 9.03. The predicted octanol–water partition coefficient (Wildman–Crippen LogP) is 3.22. The van der Waals surface area contributed by atoms with Crippen molar-refractivity contribution < 1.29 is 9.21 Å². The molecule has 1 atom stereocenters. The van der Waals surface area contributed by atoms with Gasteiger partial charge in [-0.05, 0) is 23.8 Å². The van der Waals surface area contributed by atoms with Gasteiger partial charge in [0.25, 0.3) is 0 Å². The number of nitrogens with one attached hydrogen (secondary N) is 3. The number of hydrogen-bond donors (Lipinski definition) is 3. The highest BCUT2D eigenvalue weighted by Crippen LogP contribution is 2.31. The minimum atomic E-state index is 0.0470. The fraction of sp³-hybridized carbons (Fsp3) is 0.238. The van der Waals surface area contributed by atoms with Gasteiger partial charge in [0, 0.05) is 37.0 Å². The number of carbonyl (C=O) groups is 1. The highest BCUT2D eigenvalue weighted by molar-refractivity contribution is 5.94. The lowest BCUT2D eigenvalue weighted by atomic mass is 9.90. The lowest BCUT2D eigenvalue weighted by Crippen LogP contribution is -2.40. The standard InChI is InChI=1S/C21H22N4O2/c1-22-21(24-13-16-10-14-6-2-5-9-19(14)27-16)23-12-15-11-20(26)25-18-8-4-3-7-17(15)18/h2-10,15H,11-13H2,1H3,(H,25,26)(H2,22,23,24). The maximum absolute atomic E-state index is 11.9. The first-order valence-electron chi connectivity index (χ1n) is 9.03. The van der Waals surface area contributed by atoms with Gasteiger partial charge in [-0.25, -0.2) is 0 Å². The zero-order chi connectivity index (χ0) is 18.6. The normalized spacial score (nSPS) is 16.7. The SMILES string of the molecule is CN=C(NCc1cc2ccccc2o1)NCC1CC(=O)Nc2ccccc21. The molecule has 2 heterocycles. The average molecular weight is 362 g/mol. The Balaban J connectivity index is 1.37. The number of carbonyl (C=O) groups excluding carboxylic acids is 1. The lowest BCUT2D eigenvalue weighted by Gasteiger charge is -2.26. The number of guanidine groups is 1. The molecule has 4 rings (SSSR count). The quantitative estimate of drug-likeness (QED) is 0.492. The summed E-state index contributed by atoms with van der Waals surface area (Å²) in [5.74, 6) is 1.69. The molecule has 3 N–H and O–H groups in total. The summed E-state index contributed by atoms with van der Waals surface area (Å²) in [5, 5.41) is 10.6. The van der Waals surface area contributed by atoms with Crippen molar-refractivity contribution in [1.29, 1.82) is 0 Å². The summed E-state index contributed by atoms with van der Waals surface area (Å²) in [7, 11) is 1.73. The molecule has 6 nitrogen and oxygen atoms in total. The summed E-state index contributed by atoms with van der Waals surface area (Å²) >= 11 is 0. The van der Waals surface area contributed by atoms with Crippen LogP contribution in [0.4, 0.5) is 5.69 Å². The number of furan rings is 1. The zero-order valence-electron chi connectivity index (χ0n) is 15.2. The third kappa shape index (κ3) is 3.79. The van der Waals surface area contributed by atoms with Crippen molar-refractivity contribution >= 4 is 28.5 Å². The van der Waals surface area contributed by atoms with Crippen LogP contribution in [-0.4, -0.2) is 25.5 Å². The van der Waals surface area contributed by atoms with E-state index in [4.69, 9.17) is 4.42 Å². The van der Waals surface area contributed by atoms with Gasteiger partial charge < -0.3 is 20.4 Å². The van der Waals surface area contributed by atoms with Crippen molar-refractivity contribution in [2.24, 2.45) is 4.99 Å². The van der Waals surface area contributed by atoms with Gasteiger partial charge in [-0.1, -0.05) is 36.4 Å². The highest BCUT2D eigenvalue weighted by atomic mass is 16.3. The monoisotopic (exact) mass is 362 g/mol. The van der Waals surface area contributed by atoms with Crippen LogP contribution in [0.5, 0.6) is 0 Å². The minimum absolute atomic E-state index is 0.0470. The van der Waals surface area contributed by atoms with Gasteiger partial charge >= 0.3 is 0 Å². The summed E-state index contributed by atoms with van der Waals surface area (Å²) in [4.78, 5) is 16.2. The molecule has 0 aliphatic carbocycles. The largest absolute Gasteiger partial charge is 0.459 e. The molecular weight excluding hydrogens is 340 g/mol. The summed E-state index contributed by atoms with van der Waals surface area (Å²) in [6.45, 7) is 1.17. The molecule has 1 aliphatic heterocycles. The van der Waals surface area contributed by atoms with Gasteiger partial charge in [0.15, 0.2) is 5.96 Å². The maximum atomic E-state index is 11.9. The molecule has 0 fully saturated rings. The Bertz CT molecular complexity index is 960. The van der Waals surface area contributed by atoms with Gasteiger partial charge in [-0.15, -0.1) is 0 Å². The molecule has 1 unspecified atom stereocenters. The smallest absolute Gasteiger partial charge is 0.225 e. The number of nitrogens with zero attached hydrogens (tertiary/aromatic N) is 1. The van der Waals surface area contributed by atoms with E-state index in [1.807, 2.05) is 48.5 Å². The molecule has 1 aliphatic rings. The molecular formula is C21H22N4O2. The summed E-state index contributed by atoms with van der Waals surface area (Å²) < 4.78 is 5.82. The van der Waals surface area contributed by atoms with Gasteiger partial charge in [0.2, 0.25) is 5.91 Å². The van der Waals surface area contributed by atoms with Gasteiger partial charge in [-0.3, -0.25) is 9.79 Å². The molecule has 27 heavy (non-hydrogen) atoms. The number of amides is 1. The van der Waals surface area contributed by atoms with E-state index in [0.717, 1.165) is 28.0 Å². The summed E-state index contributed by atoms with van der Waals surface area (Å²) in [6, 6.07) is 17.9. The Morgan fingerprint density at radius 1 is 1.19 bits per heavy atom. The second-order valence-corrected chi connectivity index (χ2v) is 6.59. The Morgan fingerprint density at radius 3 is 2.85 bits per heavy atom. The molecule has 138 valence electrons. The van der Waals surface area contributed by atoms with Crippen LogP contribution >= 0.6 is 0 Å². The molecule has 1 amide bonds. The third-order valence-corrected chi connectivity index (χ3v) is 4.75. The number of hydrogen-bond acceptors (Lipinski definition) is 3. The van der Waals surface area contributed by atoms with E-state index in [1.165, 1.54) is 0 Å². The Kier molecular flexibility index (Phi) is 4.78. The molecule has 3 aromatic rings. The summed E-state index contributed by atoms with van der Waals surface area (Å²) in [5.41, 5.74) is 2.92. The van der Waals surface area contributed by atoms with E-state index in [2.05, 4.69) is 27.0 Å². The number of benzene rings is 2. The van der Waals surface area contributed by atoms with Crippen LogP contribution in [0, 0.1) is 0 Å². The van der Waals surface area contributed by atoms with Crippen molar-refractivity contribution in [2.45, 2.75) is 18.9 Å². The van der Waals surface area contributed by atoms with Gasteiger partial charge in [-0.2, -0.15) is 0 Å². The van der Waals surface area contributed by atoms with Crippen LogP contribution in [0.2, 0.25) is 0 Å². The van der Waals surface area contributed by atoms with E-state index in [1.54, 1.807) is 7.05 Å². The van der Waals surface area contributed by atoms with Crippen LogP contribution < -0.4 is 16.0 Å². The predicted molar refractivity (Wildman–Crippen MR) is 107 cm³/mol. The molecule has 1 aromatic heterocycles. The molecule has 0 spiro atoms. The zero-order valence-corrected chi connectivity index (χ0v) is 15.2. The van der Waals surface area contributed by atoms with Crippen molar-refractivity contribution in [3.05, 3.63) is 65.9 Å². The maximum Gasteiger partial charge on any atom is 0.225 e. The molecule has 0 saturated carbocycles. The first-order chi connectivity index (χ1) is 13.2. The first kappa shape index (κ1) is 17.1. The van der Waals surface area contributed by atoms with Crippen molar-refractivity contribution in [2.75, 3.05) is 18.9 Å². The van der Waals surface area contributed by atoms with E-state index >= 15 is 0 Å². The number of rotatable bonds is 4. The second kappa shape index (κ2) is 7.53. The highest BCUT2D eigenvalue weighted by Gasteiger charge is 2.24. The Morgan fingerprint density at radius 2 is 2.00 bits per heavy atom. The fourth-order valence-electron chi connectivity index (χ4n) is 3.42. The number of fused-ring (bicyclic) bond motifs is 2. The number of aliphatic imine (C=N–C) groups is 1. The van der Waals surface area contributed by atoms with Crippen LogP contribution in [0.1, 0.15) is 23.7 Å². The van der Waals surface area contributed by atoms with Crippen LogP contribution in [0.3, 0.4) is 0 Å². The fourth-order valence-corrected chi connectivity index (χ4v) is 3.42. The number of para-hydroxylation sites is 2. The average Bonchev–Trinajstić information content (AvgIpc) is 3.10. The topological polar surface area (TPSA) is 78.7 Å². The van der Waals surface area contributed by atoms with E-state index < -0.39 is 0 Å². The van der Waals surface area contributed by atoms with Crippen LogP contribution in [0.15, 0.2) is 64.0 Å². The molecule has 6 heteroatoms. The molecule has 0 bridgehead atoms. The van der Waals surface area contributed by atoms with E-state index in [0.29, 0.717) is 25.5 Å². The van der Waals surface area contributed by atoms with Gasteiger partial charge in [0.1, 0.15) is 11.3 Å². The third-order valence-electron chi connectivity index (χ3n) is 4.75. The Labute approximate surface area is 157 Å². The van der Waals surface area contributed by atoms with Gasteiger partial charge in [0.05, 0.1) is 6.54 Å². The second-order valence-electron chi connectivity index (χ2n) is 6.59. The molecule has 0 saturated heterocycles. The van der Waals surface area contributed by atoms with Crippen molar-refractivity contribution in [3.8, 4) is 0 Å². The van der Waals surface area contributed by atoms with Crippen molar-refractivity contribution in [1.82, 2.24) is 10.6 Å². The Hall–Kier alpha value is -3.28. The lowest BCUT2D eigenvalue weighted by molar-refractivity contribution is -0.116. The summed E-state index contributed by atoms with van der Waals surface area (Å²) in [6.07, 6.45) is 0.463. The van der Waals surface area contributed by atoms with E-state index in [9.17, 15) is 4.79 Å². The van der Waals surface area contributed by atoms with Crippen molar-refractivity contribution in [3.63, 3.8) is 0 Å². The van der Waals surface area contributed by atoms with Crippen LogP contribution in [-0.2, 0) is 11.3 Å². The van der Waals surface area contributed by atoms with E-state index in [-0.39, 0.29) is 11.8 Å². The van der Waals surface area contributed by atoms with Crippen LogP contribution in [0.25, 0.3) is 11.0 Å².